The number of nitriles is 1. The van der Waals surface area contributed by atoms with Crippen LogP contribution in [0.15, 0.2) is 42.5 Å². The molecule has 4 heteroatoms. The normalized spacial score (nSPS) is 10.1. The Morgan fingerprint density at radius 2 is 1.84 bits per heavy atom. The third kappa shape index (κ3) is 3.30. The van der Waals surface area contributed by atoms with Crippen LogP contribution in [0.25, 0.3) is 0 Å². The average molecular weight is 256 g/mol. The van der Waals surface area contributed by atoms with Crippen molar-refractivity contribution in [3.05, 3.63) is 65.0 Å². The molecule has 2 aromatic carbocycles. The molecule has 2 aromatic rings. The maximum Gasteiger partial charge on any atom is 0.123 e. The van der Waals surface area contributed by atoms with Gasteiger partial charge in [-0.25, -0.2) is 4.39 Å². The highest BCUT2D eigenvalue weighted by Crippen LogP contribution is 2.15. The summed E-state index contributed by atoms with van der Waals surface area (Å²) in [7, 11) is 0. The Labute approximate surface area is 110 Å². The molecule has 0 bridgehead atoms. The van der Waals surface area contributed by atoms with Gasteiger partial charge >= 0.3 is 0 Å². The molecule has 96 valence electrons. The third-order valence-corrected chi connectivity index (χ3v) is 2.81. The quantitative estimate of drug-likeness (QED) is 0.884. The van der Waals surface area contributed by atoms with Gasteiger partial charge in [-0.05, 0) is 29.8 Å². The Hall–Kier alpha value is -2.38. The summed E-state index contributed by atoms with van der Waals surface area (Å²) < 4.78 is 13.1. The molecule has 0 saturated heterocycles. The number of nitrogens with zero attached hydrogens (tertiary/aromatic N) is 1. The van der Waals surface area contributed by atoms with Crippen LogP contribution < -0.4 is 5.32 Å². The molecule has 0 fully saturated rings. The number of benzene rings is 2. The third-order valence-electron chi connectivity index (χ3n) is 2.81. The molecule has 2 rings (SSSR count). The standard InChI is InChI=1S/C15H13FN2O/c16-14-6-5-11(8-17)13(7-14)10-18-9-12-3-1-2-4-15(12)19/h1-7,18-19H,9-10H2. The van der Waals surface area contributed by atoms with Crippen molar-refractivity contribution >= 4 is 0 Å². The molecule has 0 aliphatic heterocycles. The van der Waals surface area contributed by atoms with Gasteiger partial charge in [-0.2, -0.15) is 5.26 Å². The van der Waals surface area contributed by atoms with Crippen molar-refractivity contribution in [1.29, 1.82) is 5.26 Å². The molecule has 3 nitrogen and oxygen atoms in total. The van der Waals surface area contributed by atoms with Gasteiger partial charge < -0.3 is 10.4 Å². The van der Waals surface area contributed by atoms with E-state index in [0.717, 1.165) is 5.56 Å². The van der Waals surface area contributed by atoms with E-state index in [4.69, 9.17) is 5.26 Å². The van der Waals surface area contributed by atoms with Crippen molar-refractivity contribution in [1.82, 2.24) is 5.32 Å². The van der Waals surface area contributed by atoms with E-state index in [1.807, 2.05) is 12.1 Å². The number of hydrogen-bond donors (Lipinski definition) is 2. The minimum Gasteiger partial charge on any atom is -0.508 e. The van der Waals surface area contributed by atoms with Crippen LogP contribution in [-0.2, 0) is 13.1 Å². The average Bonchev–Trinajstić information content (AvgIpc) is 2.41. The Kier molecular flexibility index (Phi) is 4.11. The largest absolute Gasteiger partial charge is 0.508 e. The Morgan fingerprint density at radius 3 is 2.58 bits per heavy atom. The van der Waals surface area contributed by atoms with Gasteiger partial charge in [-0.1, -0.05) is 18.2 Å². The summed E-state index contributed by atoms with van der Waals surface area (Å²) in [6.45, 7) is 0.822. The first-order chi connectivity index (χ1) is 9.20. The van der Waals surface area contributed by atoms with Gasteiger partial charge in [0.1, 0.15) is 11.6 Å². The van der Waals surface area contributed by atoms with Gasteiger partial charge in [0.05, 0.1) is 11.6 Å². The maximum atomic E-state index is 13.1. The lowest BCUT2D eigenvalue weighted by atomic mass is 10.1. The number of nitrogens with one attached hydrogen (secondary N) is 1. The number of aromatic hydroxyl groups is 1. The zero-order valence-corrected chi connectivity index (χ0v) is 10.2. The molecular weight excluding hydrogens is 243 g/mol. The Morgan fingerprint density at radius 1 is 1.11 bits per heavy atom. The summed E-state index contributed by atoms with van der Waals surface area (Å²) >= 11 is 0. The summed E-state index contributed by atoms with van der Waals surface area (Å²) in [4.78, 5) is 0. The predicted molar refractivity (Wildman–Crippen MR) is 69.8 cm³/mol. The minimum atomic E-state index is -0.363. The number of para-hydroxylation sites is 1. The van der Waals surface area contributed by atoms with E-state index >= 15 is 0 Å². The van der Waals surface area contributed by atoms with Crippen LogP contribution in [0.4, 0.5) is 4.39 Å². The van der Waals surface area contributed by atoms with Gasteiger partial charge in [-0.3, -0.25) is 0 Å². The summed E-state index contributed by atoms with van der Waals surface area (Å²) in [5.74, 6) is -0.145. The highest BCUT2D eigenvalue weighted by Gasteiger charge is 2.04. The van der Waals surface area contributed by atoms with E-state index in [1.54, 1.807) is 18.2 Å². The molecule has 0 amide bonds. The van der Waals surface area contributed by atoms with Crippen LogP contribution in [0.5, 0.6) is 5.75 Å². The molecule has 2 N–H and O–H groups in total. The molecule has 0 atom stereocenters. The second-order valence-corrected chi connectivity index (χ2v) is 4.15. The van der Waals surface area contributed by atoms with Crippen molar-refractivity contribution in [2.24, 2.45) is 0 Å². The number of phenols is 1. The zero-order valence-electron chi connectivity index (χ0n) is 10.2. The van der Waals surface area contributed by atoms with Gasteiger partial charge in [-0.15, -0.1) is 0 Å². The van der Waals surface area contributed by atoms with E-state index < -0.39 is 0 Å². The van der Waals surface area contributed by atoms with Gasteiger partial charge in [0.2, 0.25) is 0 Å². The van der Waals surface area contributed by atoms with Crippen LogP contribution >= 0.6 is 0 Å². The fourth-order valence-electron chi connectivity index (χ4n) is 1.81. The number of halogens is 1. The van der Waals surface area contributed by atoms with Crippen LogP contribution in [0, 0.1) is 17.1 Å². The fourth-order valence-corrected chi connectivity index (χ4v) is 1.81. The molecule has 19 heavy (non-hydrogen) atoms. The van der Waals surface area contributed by atoms with Crippen molar-refractivity contribution in [3.8, 4) is 11.8 Å². The van der Waals surface area contributed by atoms with E-state index in [2.05, 4.69) is 5.32 Å². The molecule has 0 aliphatic carbocycles. The van der Waals surface area contributed by atoms with E-state index in [0.29, 0.717) is 24.2 Å². The topological polar surface area (TPSA) is 56.0 Å². The van der Waals surface area contributed by atoms with Gasteiger partial charge in [0, 0.05) is 18.7 Å². The molecule has 0 radical (unpaired) electrons. The van der Waals surface area contributed by atoms with Crippen molar-refractivity contribution in [2.45, 2.75) is 13.1 Å². The summed E-state index contributed by atoms with van der Waals surface area (Å²) in [6, 6.07) is 13.1. The highest BCUT2D eigenvalue weighted by molar-refractivity contribution is 5.38. The zero-order chi connectivity index (χ0) is 13.7. The van der Waals surface area contributed by atoms with Gasteiger partial charge in [0.15, 0.2) is 0 Å². The summed E-state index contributed by atoms with van der Waals surface area (Å²) in [6.07, 6.45) is 0. The fraction of sp³-hybridized carbons (Fsp3) is 0.133. The first-order valence-corrected chi connectivity index (χ1v) is 5.87. The van der Waals surface area contributed by atoms with E-state index in [1.165, 1.54) is 18.2 Å². The van der Waals surface area contributed by atoms with Crippen LogP contribution in [0.1, 0.15) is 16.7 Å². The first kappa shape index (κ1) is 13.1. The number of hydrogen-bond acceptors (Lipinski definition) is 3. The van der Waals surface area contributed by atoms with Crippen molar-refractivity contribution in [2.75, 3.05) is 0 Å². The predicted octanol–water partition coefficient (Wildman–Crippen LogP) is 2.69. The van der Waals surface area contributed by atoms with Crippen molar-refractivity contribution < 1.29 is 9.50 Å². The maximum absolute atomic E-state index is 13.1. The minimum absolute atomic E-state index is 0.217. The van der Waals surface area contributed by atoms with E-state index in [9.17, 15) is 9.50 Å². The van der Waals surface area contributed by atoms with Gasteiger partial charge in [0.25, 0.3) is 0 Å². The molecule has 0 aromatic heterocycles. The van der Waals surface area contributed by atoms with Crippen LogP contribution in [0.3, 0.4) is 0 Å². The Balaban J connectivity index is 2.02. The molecular formula is C15H13FN2O. The summed E-state index contributed by atoms with van der Waals surface area (Å²) in [5, 5.41) is 21.6. The lowest BCUT2D eigenvalue weighted by Gasteiger charge is -2.08. The second kappa shape index (κ2) is 5.98. The smallest absolute Gasteiger partial charge is 0.123 e. The SMILES string of the molecule is N#Cc1ccc(F)cc1CNCc1ccccc1O. The Bertz CT molecular complexity index is 620. The lowest BCUT2D eigenvalue weighted by Crippen LogP contribution is -2.13. The second-order valence-electron chi connectivity index (χ2n) is 4.15. The van der Waals surface area contributed by atoms with E-state index in [-0.39, 0.29) is 11.6 Å². The molecule has 0 saturated carbocycles. The molecule has 0 unspecified atom stereocenters. The lowest BCUT2D eigenvalue weighted by molar-refractivity contribution is 0.464. The number of rotatable bonds is 4. The molecule has 0 heterocycles. The summed E-state index contributed by atoms with van der Waals surface area (Å²) in [5.41, 5.74) is 1.82. The number of phenolic OH excluding ortho intramolecular Hbond substituents is 1. The van der Waals surface area contributed by atoms with Crippen LogP contribution in [-0.4, -0.2) is 5.11 Å². The van der Waals surface area contributed by atoms with Crippen LogP contribution in [0.2, 0.25) is 0 Å². The first-order valence-electron chi connectivity index (χ1n) is 5.87. The highest BCUT2D eigenvalue weighted by atomic mass is 19.1. The molecule has 0 spiro atoms. The molecule has 0 aliphatic rings. The van der Waals surface area contributed by atoms with Crippen molar-refractivity contribution in [3.63, 3.8) is 0 Å². The monoisotopic (exact) mass is 256 g/mol.